The van der Waals surface area contributed by atoms with Crippen molar-refractivity contribution in [2.24, 2.45) is 5.73 Å². The van der Waals surface area contributed by atoms with Crippen molar-refractivity contribution >= 4 is 16.8 Å². The molecular weight excluding hydrogens is 406 g/mol. The maximum absolute atomic E-state index is 12.1. The molecule has 0 spiro atoms. The van der Waals surface area contributed by atoms with E-state index in [9.17, 15) is 4.79 Å². The molecular formula is C24H25N5O3. The summed E-state index contributed by atoms with van der Waals surface area (Å²) in [4.78, 5) is 21.1. The number of H-pyrrole nitrogens is 1. The Morgan fingerprint density at radius 1 is 1.16 bits per heavy atom. The number of aromatic amines is 1. The molecule has 3 N–H and O–H groups in total. The lowest BCUT2D eigenvalue weighted by atomic mass is 9.96. The van der Waals surface area contributed by atoms with E-state index in [0.717, 1.165) is 34.0 Å². The number of carbonyl (C=O) groups is 1. The molecule has 1 atom stereocenters. The number of amides is 1. The van der Waals surface area contributed by atoms with E-state index < -0.39 is 5.91 Å². The van der Waals surface area contributed by atoms with E-state index >= 15 is 0 Å². The van der Waals surface area contributed by atoms with E-state index in [-0.39, 0.29) is 11.8 Å². The second-order valence-corrected chi connectivity index (χ2v) is 7.52. The minimum Gasteiger partial charge on any atom is -0.475 e. The Labute approximate surface area is 185 Å². The van der Waals surface area contributed by atoms with Crippen molar-refractivity contribution in [1.82, 2.24) is 20.2 Å². The quantitative estimate of drug-likeness (QED) is 0.437. The standard InChI is InChI=1S/C24H25N5O3/c1-4-16(31-3)13-32-22-7-5-6-19(28-22)20-10-15(11-21(27-20)24(25)30)23-14(2)8-9-18-17(23)12-26-29-18/h5-12,16H,4,13H2,1-3H3,(H2,25,30)(H,26,29). The molecule has 164 valence electrons. The highest BCUT2D eigenvalue weighted by molar-refractivity contribution is 5.99. The van der Waals surface area contributed by atoms with Gasteiger partial charge in [-0.2, -0.15) is 5.10 Å². The van der Waals surface area contributed by atoms with E-state index in [1.807, 2.05) is 44.2 Å². The number of ether oxygens (including phenoxy) is 2. The number of nitrogens with zero attached hydrogens (tertiary/aromatic N) is 3. The number of hydrogen-bond donors (Lipinski definition) is 2. The fourth-order valence-corrected chi connectivity index (χ4v) is 3.61. The molecule has 8 heteroatoms. The van der Waals surface area contributed by atoms with Crippen molar-refractivity contribution in [3.8, 4) is 28.4 Å². The fraction of sp³-hybridized carbons (Fsp3) is 0.250. The van der Waals surface area contributed by atoms with Crippen molar-refractivity contribution in [3.05, 3.63) is 59.9 Å². The third-order valence-electron chi connectivity index (χ3n) is 5.39. The molecule has 1 amide bonds. The predicted molar refractivity (Wildman–Crippen MR) is 122 cm³/mol. The van der Waals surface area contributed by atoms with Crippen LogP contribution in [0.5, 0.6) is 5.88 Å². The van der Waals surface area contributed by atoms with Crippen LogP contribution >= 0.6 is 0 Å². The van der Waals surface area contributed by atoms with Crippen LogP contribution in [0.4, 0.5) is 0 Å². The summed E-state index contributed by atoms with van der Waals surface area (Å²) in [5, 5.41) is 8.09. The van der Waals surface area contributed by atoms with Crippen LogP contribution in [-0.4, -0.2) is 45.9 Å². The van der Waals surface area contributed by atoms with Crippen molar-refractivity contribution in [1.29, 1.82) is 0 Å². The maximum atomic E-state index is 12.1. The number of fused-ring (bicyclic) bond motifs is 1. The number of nitrogens with two attached hydrogens (primary N) is 1. The molecule has 3 aromatic heterocycles. The molecule has 1 aromatic carbocycles. The van der Waals surface area contributed by atoms with Gasteiger partial charge in [-0.1, -0.05) is 19.1 Å². The maximum Gasteiger partial charge on any atom is 0.267 e. The molecule has 8 nitrogen and oxygen atoms in total. The average Bonchev–Trinajstić information content (AvgIpc) is 3.28. The Kier molecular flexibility index (Phi) is 6.13. The molecule has 0 aliphatic rings. The largest absolute Gasteiger partial charge is 0.475 e. The Bertz CT molecular complexity index is 1260. The number of carbonyl (C=O) groups excluding carboxylic acids is 1. The van der Waals surface area contributed by atoms with Crippen LogP contribution in [0.15, 0.2) is 48.7 Å². The Hall–Kier alpha value is -3.78. The fourth-order valence-electron chi connectivity index (χ4n) is 3.61. The lowest BCUT2D eigenvalue weighted by Crippen LogP contribution is -2.19. The lowest BCUT2D eigenvalue weighted by Gasteiger charge is -2.14. The normalized spacial score (nSPS) is 12.1. The number of nitrogens with one attached hydrogen (secondary N) is 1. The highest BCUT2D eigenvalue weighted by Gasteiger charge is 2.16. The van der Waals surface area contributed by atoms with Crippen molar-refractivity contribution in [2.45, 2.75) is 26.4 Å². The van der Waals surface area contributed by atoms with Crippen LogP contribution in [0, 0.1) is 6.92 Å². The zero-order valence-electron chi connectivity index (χ0n) is 18.3. The number of hydrogen-bond acceptors (Lipinski definition) is 6. The van der Waals surface area contributed by atoms with Gasteiger partial charge in [-0.05, 0) is 54.3 Å². The molecule has 0 bridgehead atoms. The zero-order valence-corrected chi connectivity index (χ0v) is 18.3. The molecule has 0 saturated heterocycles. The molecule has 0 aliphatic heterocycles. The van der Waals surface area contributed by atoms with Crippen LogP contribution in [0.1, 0.15) is 29.4 Å². The van der Waals surface area contributed by atoms with Crippen LogP contribution in [0.25, 0.3) is 33.4 Å². The second-order valence-electron chi connectivity index (χ2n) is 7.52. The zero-order chi connectivity index (χ0) is 22.7. The van der Waals surface area contributed by atoms with Crippen LogP contribution in [0.2, 0.25) is 0 Å². The lowest BCUT2D eigenvalue weighted by molar-refractivity contribution is 0.0540. The molecule has 4 aromatic rings. The number of methoxy groups -OCH3 is 1. The number of rotatable bonds is 8. The number of aryl methyl sites for hydroxylation is 1. The highest BCUT2D eigenvalue weighted by Crippen LogP contribution is 2.33. The monoisotopic (exact) mass is 431 g/mol. The molecule has 0 fully saturated rings. The van der Waals surface area contributed by atoms with Crippen molar-refractivity contribution < 1.29 is 14.3 Å². The third-order valence-corrected chi connectivity index (χ3v) is 5.39. The molecule has 0 radical (unpaired) electrons. The van der Waals surface area contributed by atoms with Crippen LogP contribution in [-0.2, 0) is 4.74 Å². The Balaban J connectivity index is 1.78. The van der Waals surface area contributed by atoms with E-state index in [1.54, 1.807) is 25.4 Å². The van der Waals surface area contributed by atoms with Gasteiger partial charge in [0.2, 0.25) is 5.88 Å². The van der Waals surface area contributed by atoms with Crippen LogP contribution < -0.4 is 10.5 Å². The minimum absolute atomic E-state index is 0.0122. The van der Waals surface area contributed by atoms with Gasteiger partial charge in [0.05, 0.1) is 29.2 Å². The number of benzene rings is 1. The van der Waals surface area contributed by atoms with Gasteiger partial charge in [-0.15, -0.1) is 0 Å². The van der Waals surface area contributed by atoms with Gasteiger partial charge in [0.15, 0.2) is 0 Å². The predicted octanol–water partition coefficient (Wildman–Crippen LogP) is 3.90. The summed E-state index contributed by atoms with van der Waals surface area (Å²) in [6.45, 7) is 4.44. The van der Waals surface area contributed by atoms with Gasteiger partial charge in [0.1, 0.15) is 12.3 Å². The van der Waals surface area contributed by atoms with E-state index in [4.69, 9.17) is 15.2 Å². The molecule has 32 heavy (non-hydrogen) atoms. The number of aromatic nitrogens is 4. The van der Waals surface area contributed by atoms with Gasteiger partial charge in [0, 0.05) is 18.6 Å². The first-order chi connectivity index (χ1) is 15.5. The SMILES string of the molecule is CCC(COc1cccc(-c2cc(-c3c(C)ccc4[nH]ncc34)cc(C(N)=O)n2)n1)OC. The van der Waals surface area contributed by atoms with E-state index in [1.165, 1.54) is 0 Å². The highest BCUT2D eigenvalue weighted by atomic mass is 16.5. The summed E-state index contributed by atoms with van der Waals surface area (Å²) in [5.74, 6) is -0.151. The summed E-state index contributed by atoms with van der Waals surface area (Å²) in [5.41, 5.74) is 10.6. The van der Waals surface area contributed by atoms with E-state index in [0.29, 0.717) is 23.9 Å². The van der Waals surface area contributed by atoms with Gasteiger partial charge in [-0.3, -0.25) is 9.89 Å². The van der Waals surface area contributed by atoms with Gasteiger partial charge >= 0.3 is 0 Å². The third kappa shape index (κ3) is 4.31. The first-order valence-electron chi connectivity index (χ1n) is 10.4. The first kappa shape index (κ1) is 21.5. The smallest absolute Gasteiger partial charge is 0.267 e. The second kappa shape index (κ2) is 9.15. The van der Waals surface area contributed by atoms with Gasteiger partial charge in [-0.25, -0.2) is 9.97 Å². The molecule has 0 aliphatic carbocycles. The molecule has 0 saturated carbocycles. The minimum atomic E-state index is -0.608. The summed E-state index contributed by atoms with van der Waals surface area (Å²) >= 11 is 0. The summed E-state index contributed by atoms with van der Waals surface area (Å²) in [6.07, 6.45) is 2.59. The first-order valence-corrected chi connectivity index (χ1v) is 10.4. The topological polar surface area (TPSA) is 116 Å². The van der Waals surface area contributed by atoms with Crippen LogP contribution in [0.3, 0.4) is 0 Å². The van der Waals surface area contributed by atoms with Crippen molar-refractivity contribution in [2.75, 3.05) is 13.7 Å². The molecule has 3 heterocycles. The summed E-state index contributed by atoms with van der Waals surface area (Å²) < 4.78 is 11.2. The molecule has 4 rings (SSSR count). The average molecular weight is 431 g/mol. The van der Waals surface area contributed by atoms with E-state index in [2.05, 4.69) is 20.2 Å². The Morgan fingerprint density at radius 3 is 2.75 bits per heavy atom. The van der Waals surface area contributed by atoms with Crippen molar-refractivity contribution in [3.63, 3.8) is 0 Å². The Morgan fingerprint density at radius 2 is 2.00 bits per heavy atom. The number of pyridine rings is 2. The van der Waals surface area contributed by atoms with Gasteiger partial charge in [0.25, 0.3) is 5.91 Å². The summed E-state index contributed by atoms with van der Waals surface area (Å²) in [6, 6.07) is 13.0. The summed E-state index contributed by atoms with van der Waals surface area (Å²) in [7, 11) is 1.66. The molecule has 1 unspecified atom stereocenters. The van der Waals surface area contributed by atoms with Gasteiger partial charge < -0.3 is 15.2 Å². The number of primary amides is 1.